The van der Waals surface area contributed by atoms with Crippen molar-refractivity contribution in [1.82, 2.24) is 4.98 Å². The molecule has 0 saturated heterocycles. The lowest BCUT2D eigenvalue weighted by Gasteiger charge is -1.95. The van der Waals surface area contributed by atoms with Gasteiger partial charge < -0.3 is 0 Å². The minimum atomic E-state index is 0.896. The number of hydrogen-bond acceptors (Lipinski definition) is 1. The molecule has 0 atom stereocenters. The normalized spacial score (nSPS) is 9.20. The molecule has 0 unspecified atom stereocenters. The van der Waals surface area contributed by atoms with Gasteiger partial charge in [-0.25, -0.2) is 0 Å². The minimum Gasteiger partial charge on any atom is -0.253 e. The summed E-state index contributed by atoms with van der Waals surface area (Å²) >= 11 is 3.13. The Morgan fingerprint density at radius 2 is 1.93 bits per heavy atom. The second-order valence-corrected chi connectivity index (χ2v) is 3.74. The fraction of sp³-hybridized carbons (Fsp3) is 0.154. The molecule has 2 aromatic rings. The first-order chi connectivity index (χ1) is 7.27. The number of allylic oxidation sites excluding steroid dienone is 1. The van der Waals surface area contributed by atoms with Crippen LogP contribution < -0.4 is 0 Å². The van der Waals surface area contributed by atoms with Crippen LogP contribution in [-0.2, 0) is 0 Å². The van der Waals surface area contributed by atoms with Crippen molar-refractivity contribution in [2.24, 2.45) is 0 Å². The fourth-order valence-electron chi connectivity index (χ4n) is 1.17. The summed E-state index contributed by atoms with van der Waals surface area (Å²) in [5.74, 6) is 0. The molecule has 78 valence electrons. The SMILES string of the molecule is C=CCBr.Cc1ccc2ccccc2n1. The smallest absolute Gasteiger partial charge is 0.0705 e. The van der Waals surface area contributed by atoms with Crippen LogP contribution in [0.2, 0.25) is 0 Å². The lowest BCUT2D eigenvalue weighted by molar-refractivity contribution is 1.26. The van der Waals surface area contributed by atoms with Gasteiger partial charge in [0.15, 0.2) is 0 Å². The summed E-state index contributed by atoms with van der Waals surface area (Å²) in [7, 11) is 0. The first-order valence-electron chi connectivity index (χ1n) is 4.77. The number of halogens is 1. The van der Waals surface area contributed by atoms with Gasteiger partial charge in [-0.3, -0.25) is 4.98 Å². The van der Waals surface area contributed by atoms with E-state index in [0.29, 0.717) is 0 Å². The summed E-state index contributed by atoms with van der Waals surface area (Å²) in [6, 6.07) is 12.3. The molecule has 0 saturated carbocycles. The zero-order valence-electron chi connectivity index (χ0n) is 8.78. The maximum absolute atomic E-state index is 4.38. The standard InChI is InChI=1S/C10H9N.C3H5Br/c1-8-6-7-9-4-2-3-5-10(9)11-8;1-2-3-4/h2-7H,1H3;2H,1,3H2. The molecule has 0 N–H and O–H groups in total. The Hall–Kier alpha value is -1.15. The number of benzene rings is 1. The van der Waals surface area contributed by atoms with Gasteiger partial charge in [0.05, 0.1) is 5.52 Å². The van der Waals surface area contributed by atoms with E-state index in [1.807, 2.05) is 31.2 Å². The highest BCUT2D eigenvalue weighted by Gasteiger charge is 1.90. The van der Waals surface area contributed by atoms with E-state index in [1.54, 1.807) is 6.08 Å². The maximum atomic E-state index is 4.38. The predicted molar refractivity (Wildman–Crippen MR) is 70.5 cm³/mol. The first kappa shape index (κ1) is 11.9. The van der Waals surface area contributed by atoms with E-state index in [2.05, 4.69) is 39.6 Å². The molecule has 0 bridgehead atoms. The number of rotatable bonds is 1. The highest BCUT2D eigenvalue weighted by atomic mass is 79.9. The van der Waals surface area contributed by atoms with Gasteiger partial charge in [0, 0.05) is 16.4 Å². The number of aryl methyl sites for hydroxylation is 1. The van der Waals surface area contributed by atoms with Crippen LogP contribution in [-0.4, -0.2) is 10.3 Å². The van der Waals surface area contributed by atoms with E-state index < -0.39 is 0 Å². The summed E-state index contributed by atoms with van der Waals surface area (Å²) < 4.78 is 0. The summed E-state index contributed by atoms with van der Waals surface area (Å²) in [6.45, 7) is 5.44. The molecule has 15 heavy (non-hydrogen) atoms. The molecule has 1 heterocycles. The summed E-state index contributed by atoms with van der Waals surface area (Å²) in [6.07, 6.45) is 1.79. The van der Waals surface area contributed by atoms with E-state index in [-0.39, 0.29) is 0 Å². The van der Waals surface area contributed by atoms with Crippen LogP contribution in [0.4, 0.5) is 0 Å². The van der Waals surface area contributed by atoms with Gasteiger partial charge in [-0.2, -0.15) is 0 Å². The average molecular weight is 264 g/mol. The van der Waals surface area contributed by atoms with E-state index in [9.17, 15) is 0 Å². The highest BCUT2D eigenvalue weighted by Crippen LogP contribution is 2.10. The molecule has 1 nitrogen and oxygen atoms in total. The Morgan fingerprint density at radius 1 is 1.27 bits per heavy atom. The quantitative estimate of drug-likeness (QED) is 0.558. The molecular formula is C13H14BrN. The van der Waals surface area contributed by atoms with Crippen molar-refractivity contribution in [3.63, 3.8) is 0 Å². The molecule has 0 radical (unpaired) electrons. The summed E-state index contributed by atoms with van der Waals surface area (Å²) in [4.78, 5) is 4.38. The van der Waals surface area contributed by atoms with Gasteiger partial charge in [0.2, 0.25) is 0 Å². The lowest BCUT2D eigenvalue weighted by Crippen LogP contribution is -1.80. The van der Waals surface area contributed by atoms with Crippen LogP contribution in [0.15, 0.2) is 49.1 Å². The second kappa shape index (κ2) is 6.36. The zero-order valence-corrected chi connectivity index (χ0v) is 10.4. The Morgan fingerprint density at radius 3 is 2.60 bits per heavy atom. The molecule has 1 aromatic heterocycles. The van der Waals surface area contributed by atoms with Crippen LogP contribution in [0.25, 0.3) is 10.9 Å². The van der Waals surface area contributed by atoms with Crippen LogP contribution in [0.1, 0.15) is 5.69 Å². The van der Waals surface area contributed by atoms with Crippen molar-refractivity contribution in [3.8, 4) is 0 Å². The minimum absolute atomic E-state index is 0.896. The average Bonchev–Trinajstić information content (AvgIpc) is 2.29. The molecular weight excluding hydrogens is 250 g/mol. The third-order valence-electron chi connectivity index (χ3n) is 1.85. The third-order valence-corrected chi connectivity index (χ3v) is 2.30. The number of nitrogens with zero attached hydrogens (tertiary/aromatic N) is 1. The summed E-state index contributed by atoms with van der Waals surface area (Å²) in [5.41, 5.74) is 2.15. The monoisotopic (exact) mass is 263 g/mol. The van der Waals surface area contributed by atoms with Gasteiger partial charge >= 0.3 is 0 Å². The largest absolute Gasteiger partial charge is 0.253 e. The Balaban J connectivity index is 0.000000245. The number of aromatic nitrogens is 1. The Bertz CT molecular complexity index is 437. The van der Waals surface area contributed by atoms with E-state index in [0.717, 1.165) is 16.5 Å². The number of fused-ring (bicyclic) bond motifs is 1. The summed E-state index contributed by atoms with van der Waals surface area (Å²) in [5, 5.41) is 2.10. The molecule has 1 aromatic carbocycles. The van der Waals surface area contributed by atoms with Crippen LogP contribution in [0.5, 0.6) is 0 Å². The van der Waals surface area contributed by atoms with Crippen molar-refractivity contribution < 1.29 is 0 Å². The van der Waals surface area contributed by atoms with E-state index >= 15 is 0 Å². The molecule has 0 fully saturated rings. The first-order valence-corrected chi connectivity index (χ1v) is 5.89. The molecule has 0 spiro atoms. The molecule has 2 heteroatoms. The second-order valence-electron chi connectivity index (χ2n) is 3.09. The van der Waals surface area contributed by atoms with Gasteiger partial charge in [-0.1, -0.05) is 46.3 Å². The van der Waals surface area contributed by atoms with Crippen molar-refractivity contribution >= 4 is 26.8 Å². The molecule has 0 aliphatic heterocycles. The van der Waals surface area contributed by atoms with Gasteiger partial charge in [0.25, 0.3) is 0 Å². The third kappa shape index (κ3) is 3.84. The molecule has 0 aliphatic carbocycles. The molecule has 0 aliphatic rings. The van der Waals surface area contributed by atoms with Gasteiger partial charge in [-0.15, -0.1) is 6.58 Å². The molecule has 0 amide bonds. The van der Waals surface area contributed by atoms with E-state index in [1.165, 1.54) is 5.39 Å². The van der Waals surface area contributed by atoms with Crippen LogP contribution in [0, 0.1) is 6.92 Å². The molecule has 2 rings (SSSR count). The zero-order chi connectivity index (χ0) is 11.1. The number of hydrogen-bond donors (Lipinski definition) is 0. The van der Waals surface area contributed by atoms with Crippen molar-refractivity contribution in [3.05, 3.63) is 54.7 Å². The Kier molecular flexibility index (Phi) is 5.05. The van der Waals surface area contributed by atoms with Gasteiger partial charge in [0.1, 0.15) is 0 Å². The van der Waals surface area contributed by atoms with E-state index in [4.69, 9.17) is 0 Å². The van der Waals surface area contributed by atoms with Crippen molar-refractivity contribution in [1.29, 1.82) is 0 Å². The van der Waals surface area contributed by atoms with Crippen LogP contribution >= 0.6 is 15.9 Å². The fourth-order valence-corrected chi connectivity index (χ4v) is 1.17. The highest BCUT2D eigenvalue weighted by molar-refractivity contribution is 9.09. The topological polar surface area (TPSA) is 12.9 Å². The number of pyridine rings is 1. The van der Waals surface area contributed by atoms with Gasteiger partial charge in [-0.05, 0) is 19.1 Å². The van der Waals surface area contributed by atoms with Crippen LogP contribution in [0.3, 0.4) is 0 Å². The number of alkyl halides is 1. The number of para-hydroxylation sites is 1. The predicted octanol–water partition coefficient (Wildman–Crippen LogP) is 4.11. The van der Waals surface area contributed by atoms with Crippen molar-refractivity contribution in [2.45, 2.75) is 6.92 Å². The maximum Gasteiger partial charge on any atom is 0.0705 e. The lowest BCUT2D eigenvalue weighted by atomic mass is 10.2. The van der Waals surface area contributed by atoms with Crippen molar-refractivity contribution in [2.75, 3.05) is 5.33 Å². The Labute approximate surface area is 99.0 Å².